The Labute approximate surface area is 140 Å². The van der Waals surface area contributed by atoms with Crippen LogP contribution in [0.5, 0.6) is 0 Å². The number of benzene rings is 1. The van der Waals surface area contributed by atoms with Crippen molar-refractivity contribution in [2.75, 3.05) is 0 Å². The van der Waals surface area contributed by atoms with Crippen molar-refractivity contribution in [2.45, 2.75) is 18.9 Å². The molecule has 2 aromatic rings. The number of thiophene rings is 1. The first-order valence-corrected chi connectivity index (χ1v) is 7.92. The fourth-order valence-electron chi connectivity index (χ4n) is 1.89. The Hall–Kier alpha value is -2.58. The van der Waals surface area contributed by atoms with Gasteiger partial charge in [0, 0.05) is 17.4 Å². The quantitative estimate of drug-likeness (QED) is 0.561. The van der Waals surface area contributed by atoms with E-state index < -0.39 is 23.8 Å². The van der Waals surface area contributed by atoms with E-state index >= 15 is 0 Å². The molecule has 1 atom stereocenters. The molecule has 1 unspecified atom stereocenters. The highest BCUT2D eigenvalue weighted by atomic mass is 32.1. The van der Waals surface area contributed by atoms with E-state index in [4.69, 9.17) is 9.94 Å². The Morgan fingerprint density at radius 1 is 1.17 bits per heavy atom. The minimum Gasteiger partial charge on any atom is -0.481 e. The van der Waals surface area contributed by atoms with Gasteiger partial charge in [-0.05, 0) is 42.1 Å². The monoisotopic (exact) mass is 351 g/mol. The summed E-state index contributed by atoms with van der Waals surface area (Å²) in [5, 5.41) is 12.1. The fourth-order valence-corrected chi connectivity index (χ4v) is 2.53. The number of nitrogens with one attached hydrogen (secondary N) is 1. The summed E-state index contributed by atoms with van der Waals surface area (Å²) in [6.07, 6.45) is -0.303. The van der Waals surface area contributed by atoms with Crippen molar-refractivity contribution < 1.29 is 28.7 Å². The van der Waals surface area contributed by atoms with Crippen LogP contribution < -0.4 is 5.48 Å². The Morgan fingerprint density at radius 3 is 2.46 bits per heavy atom. The summed E-state index contributed by atoms with van der Waals surface area (Å²) in [5.41, 5.74) is 2.83. The van der Waals surface area contributed by atoms with Crippen LogP contribution in [-0.2, 0) is 9.63 Å². The molecule has 1 heterocycles. The molecular weight excluding hydrogens is 337 g/mol. The number of carboxylic acid groups (broad SMARTS) is 1. The van der Waals surface area contributed by atoms with Crippen LogP contribution in [0.1, 0.15) is 33.6 Å². The fraction of sp³-hybridized carbons (Fsp3) is 0.188. The average molecular weight is 351 g/mol. The first kappa shape index (κ1) is 17.8. The molecular formula is C16H14FNO5S. The van der Waals surface area contributed by atoms with Crippen LogP contribution in [0.3, 0.4) is 0 Å². The maximum absolute atomic E-state index is 12.8. The van der Waals surface area contributed by atoms with Crippen molar-refractivity contribution >= 4 is 29.1 Å². The summed E-state index contributed by atoms with van der Waals surface area (Å²) >= 11 is 1.32. The molecule has 2 rings (SSSR count). The normalized spacial score (nSPS) is 11.7. The third-order valence-corrected chi connectivity index (χ3v) is 3.83. The van der Waals surface area contributed by atoms with Crippen LogP contribution in [0.2, 0.25) is 0 Å². The average Bonchev–Trinajstić information content (AvgIpc) is 3.09. The summed E-state index contributed by atoms with van der Waals surface area (Å²) in [7, 11) is 0. The number of hydrogen-bond donors (Lipinski definition) is 2. The van der Waals surface area contributed by atoms with Crippen LogP contribution in [-0.4, -0.2) is 28.9 Å². The van der Waals surface area contributed by atoms with Crippen LogP contribution >= 0.6 is 11.3 Å². The molecule has 1 aromatic carbocycles. The van der Waals surface area contributed by atoms with Gasteiger partial charge in [-0.2, -0.15) is 11.3 Å². The van der Waals surface area contributed by atoms with E-state index in [-0.39, 0.29) is 24.2 Å². The highest BCUT2D eigenvalue weighted by Gasteiger charge is 2.23. The molecule has 8 heteroatoms. The lowest BCUT2D eigenvalue weighted by Gasteiger charge is -2.15. The Bertz CT molecular complexity index is 715. The summed E-state index contributed by atoms with van der Waals surface area (Å²) < 4.78 is 12.8. The summed E-state index contributed by atoms with van der Waals surface area (Å²) in [6.45, 7) is 0. The largest absolute Gasteiger partial charge is 0.481 e. The van der Waals surface area contributed by atoms with E-state index in [1.807, 2.05) is 0 Å². The molecule has 6 nitrogen and oxygen atoms in total. The van der Waals surface area contributed by atoms with Crippen molar-refractivity contribution in [1.29, 1.82) is 0 Å². The van der Waals surface area contributed by atoms with Gasteiger partial charge in [-0.15, -0.1) is 5.48 Å². The van der Waals surface area contributed by atoms with Gasteiger partial charge in [0.25, 0.3) is 0 Å². The SMILES string of the molecule is O=C(O)CCC(NOC(=O)c1ccc(F)cc1)C(=O)c1ccsc1. The van der Waals surface area contributed by atoms with Gasteiger partial charge in [0.05, 0.1) is 5.56 Å². The topological polar surface area (TPSA) is 92.7 Å². The number of aliphatic carboxylic acids is 1. The summed E-state index contributed by atoms with van der Waals surface area (Å²) in [4.78, 5) is 39.8. The standard InChI is InChI=1S/C16H14FNO5S/c17-12-3-1-10(2-4-12)16(22)23-18-13(5-6-14(19)20)15(21)11-7-8-24-9-11/h1-4,7-9,13,18H,5-6H2,(H,19,20). The van der Waals surface area contributed by atoms with Crippen LogP contribution in [0.15, 0.2) is 41.1 Å². The predicted octanol–water partition coefficient (Wildman–Crippen LogP) is 2.66. The number of ketones is 1. The molecule has 0 bridgehead atoms. The van der Waals surface area contributed by atoms with E-state index in [1.165, 1.54) is 23.5 Å². The van der Waals surface area contributed by atoms with Crippen molar-refractivity contribution in [1.82, 2.24) is 5.48 Å². The molecule has 0 saturated carbocycles. The van der Waals surface area contributed by atoms with Gasteiger partial charge in [0.1, 0.15) is 11.9 Å². The molecule has 0 fully saturated rings. The molecule has 0 aliphatic carbocycles. The lowest BCUT2D eigenvalue weighted by molar-refractivity contribution is -0.137. The third-order valence-electron chi connectivity index (χ3n) is 3.14. The second-order valence-corrected chi connectivity index (χ2v) is 5.66. The third kappa shape index (κ3) is 4.97. The van der Waals surface area contributed by atoms with E-state index in [1.54, 1.807) is 16.8 Å². The van der Waals surface area contributed by atoms with Crippen LogP contribution in [0, 0.1) is 5.82 Å². The second-order valence-electron chi connectivity index (χ2n) is 4.88. The molecule has 126 valence electrons. The lowest BCUT2D eigenvalue weighted by Crippen LogP contribution is -2.38. The minimum absolute atomic E-state index is 0.0410. The van der Waals surface area contributed by atoms with Crippen LogP contribution in [0.4, 0.5) is 4.39 Å². The molecule has 0 amide bonds. The zero-order chi connectivity index (χ0) is 17.5. The van der Waals surface area contributed by atoms with E-state index in [0.717, 1.165) is 12.1 Å². The first-order chi connectivity index (χ1) is 11.5. The number of halogens is 1. The van der Waals surface area contributed by atoms with Gasteiger partial charge in [-0.3, -0.25) is 9.59 Å². The molecule has 0 radical (unpaired) electrons. The molecule has 0 spiro atoms. The van der Waals surface area contributed by atoms with Crippen molar-refractivity contribution in [3.05, 3.63) is 58.0 Å². The summed E-state index contributed by atoms with van der Waals surface area (Å²) in [6, 6.07) is 5.31. The number of hydrogen-bond acceptors (Lipinski definition) is 6. The smallest absolute Gasteiger partial charge is 0.356 e. The van der Waals surface area contributed by atoms with Gasteiger partial charge in [0.15, 0.2) is 5.78 Å². The van der Waals surface area contributed by atoms with Gasteiger partial charge < -0.3 is 9.94 Å². The zero-order valence-electron chi connectivity index (χ0n) is 12.4. The first-order valence-electron chi connectivity index (χ1n) is 6.98. The molecule has 24 heavy (non-hydrogen) atoms. The molecule has 1 aromatic heterocycles. The second kappa shape index (κ2) is 8.32. The number of hydroxylamine groups is 1. The van der Waals surface area contributed by atoms with Gasteiger partial charge in [0.2, 0.25) is 0 Å². The number of carbonyl (C=O) groups is 3. The van der Waals surface area contributed by atoms with E-state index in [9.17, 15) is 18.8 Å². The highest BCUT2D eigenvalue weighted by Crippen LogP contribution is 2.12. The minimum atomic E-state index is -1.07. The maximum atomic E-state index is 12.8. The van der Waals surface area contributed by atoms with Crippen molar-refractivity contribution in [2.24, 2.45) is 0 Å². The Kier molecular flexibility index (Phi) is 6.16. The van der Waals surface area contributed by atoms with Gasteiger partial charge in [-0.1, -0.05) is 0 Å². The van der Waals surface area contributed by atoms with Crippen molar-refractivity contribution in [3.63, 3.8) is 0 Å². The maximum Gasteiger partial charge on any atom is 0.356 e. The zero-order valence-corrected chi connectivity index (χ0v) is 13.2. The van der Waals surface area contributed by atoms with E-state index in [2.05, 4.69) is 5.48 Å². The number of rotatable bonds is 8. The van der Waals surface area contributed by atoms with E-state index in [0.29, 0.717) is 5.56 Å². The molecule has 0 saturated heterocycles. The van der Waals surface area contributed by atoms with Crippen molar-refractivity contribution in [3.8, 4) is 0 Å². The van der Waals surface area contributed by atoms with Gasteiger partial charge in [-0.25, -0.2) is 9.18 Å². The Balaban J connectivity index is 2.01. The molecule has 0 aliphatic heterocycles. The number of carboxylic acids is 1. The highest BCUT2D eigenvalue weighted by molar-refractivity contribution is 7.08. The number of Topliss-reactive ketones (excluding diaryl/α,β-unsaturated/α-hetero) is 1. The Morgan fingerprint density at radius 2 is 1.88 bits per heavy atom. The molecule has 0 aliphatic rings. The molecule has 2 N–H and O–H groups in total. The number of carbonyl (C=O) groups excluding carboxylic acids is 2. The van der Waals surface area contributed by atoms with Crippen LogP contribution in [0.25, 0.3) is 0 Å². The summed E-state index contributed by atoms with van der Waals surface area (Å²) in [5.74, 6) is -2.73. The lowest BCUT2D eigenvalue weighted by atomic mass is 10.0. The van der Waals surface area contributed by atoms with Gasteiger partial charge >= 0.3 is 11.9 Å². The predicted molar refractivity (Wildman–Crippen MR) is 84.3 cm³/mol.